The van der Waals surface area contributed by atoms with Gasteiger partial charge in [0.25, 0.3) is 6.43 Å². The number of hydrogen-bond acceptors (Lipinski definition) is 9. The molecule has 1 aromatic carbocycles. The highest BCUT2D eigenvalue weighted by Gasteiger charge is 2.35. The molecule has 1 saturated heterocycles. The first kappa shape index (κ1) is 35.1. The third-order valence-electron chi connectivity index (χ3n) is 11.6. The largest absolute Gasteiger partial charge is 0.476 e. The number of hydrogen-bond donors (Lipinski definition) is 1. The minimum Gasteiger partial charge on any atom is -0.476 e. The molecule has 1 amide bonds. The van der Waals surface area contributed by atoms with Gasteiger partial charge in [0.15, 0.2) is 17.3 Å². The average molecular weight is 729 g/mol. The van der Waals surface area contributed by atoms with Crippen molar-refractivity contribution in [3.05, 3.63) is 64.7 Å². The molecule has 15 heteroatoms. The first-order chi connectivity index (χ1) is 25.6. The zero-order valence-corrected chi connectivity index (χ0v) is 30.3. The molecule has 0 spiro atoms. The predicted octanol–water partition coefficient (Wildman–Crippen LogP) is 5.25. The summed E-state index contributed by atoms with van der Waals surface area (Å²) in [6.07, 6.45) is 7.37. The van der Waals surface area contributed by atoms with Crippen LogP contribution in [0.5, 0.6) is 0 Å². The van der Waals surface area contributed by atoms with Crippen molar-refractivity contribution in [2.45, 2.75) is 70.9 Å². The molecule has 0 bridgehead atoms. The summed E-state index contributed by atoms with van der Waals surface area (Å²) in [6, 6.07) is 7.05. The lowest BCUT2D eigenvalue weighted by Crippen LogP contribution is -2.48. The monoisotopic (exact) mass is 728 g/mol. The Bertz CT molecular complexity index is 1980. The number of aryl methyl sites for hydroxylation is 2. The number of carbonyl (C=O) groups excluding carboxylic acids is 1. The number of nitrogens with zero attached hydrogens (tertiary/aromatic N) is 10. The van der Waals surface area contributed by atoms with Crippen LogP contribution < -0.4 is 9.80 Å². The van der Waals surface area contributed by atoms with E-state index in [1.165, 1.54) is 11.8 Å². The van der Waals surface area contributed by atoms with Gasteiger partial charge >= 0.3 is 5.97 Å². The molecule has 4 aliphatic rings. The van der Waals surface area contributed by atoms with Crippen LogP contribution in [0.2, 0.25) is 0 Å². The fraction of sp³-hybridized carbons (Fsp3) is 0.526. The van der Waals surface area contributed by atoms with Crippen molar-refractivity contribution in [2.24, 2.45) is 13.0 Å². The van der Waals surface area contributed by atoms with Crippen molar-refractivity contribution in [1.82, 2.24) is 39.6 Å². The van der Waals surface area contributed by atoms with Gasteiger partial charge < -0.3 is 19.8 Å². The number of carboxylic acid groups (broad SMARTS) is 1. The number of anilines is 3. The lowest BCUT2D eigenvalue weighted by molar-refractivity contribution is -0.129. The average Bonchev–Trinajstić information content (AvgIpc) is 3.78. The first-order valence-corrected chi connectivity index (χ1v) is 18.7. The Hall–Kier alpha value is -4.92. The fourth-order valence-electron chi connectivity index (χ4n) is 8.78. The summed E-state index contributed by atoms with van der Waals surface area (Å²) in [5.74, 6) is 1.04. The van der Waals surface area contributed by atoms with Crippen molar-refractivity contribution in [1.29, 1.82) is 0 Å². The van der Waals surface area contributed by atoms with E-state index in [0.717, 1.165) is 100 Å². The van der Waals surface area contributed by atoms with Crippen molar-refractivity contribution < 1.29 is 23.5 Å². The standard InChI is InChI=1S/C38H46F2N10O3/c1-24(51)48-13-11-33-31(23-48)37(49-12-3-4-26-18-29(27-20-41-45(2)22-27)30(36(39)40)19-34(26)49)44-50(33)28-7-5-25(6-8-28)21-46-14-16-47(17-15-46)35-10-9-32(38(52)53)42-43-35/h9-10,18-20,22,25,28,36H,3-8,11-17,21,23H2,1-2H3,(H,52,53). The van der Waals surface area contributed by atoms with Crippen LogP contribution in [0.1, 0.15) is 84.4 Å². The number of halogens is 2. The minimum absolute atomic E-state index is 0.00915. The highest BCUT2D eigenvalue weighted by Crippen LogP contribution is 2.44. The number of amides is 1. The highest BCUT2D eigenvalue weighted by molar-refractivity contribution is 5.85. The summed E-state index contributed by atoms with van der Waals surface area (Å²) in [5.41, 5.74) is 5.14. The molecular weight excluding hydrogens is 682 g/mol. The number of aromatic nitrogens is 6. The van der Waals surface area contributed by atoms with E-state index in [4.69, 9.17) is 10.2 Å². The van der Waals surface area contributed by atoms with Crippen LogP contribution in [-0.4, -0.2) is 102 Å². The van der Waals surface area contributed by atoms with E-state index < -0.39 is 12.4 Å². The third kappa shape index (κ3) is 6.98. The zero-order valence-electron chi connectivity index (χ0n) is 30.3. The molecule has 1 saturated carbocycles. The molecule has 6 heterocycles. The SMILES string of the molecule is CC(=O)N1CCc2c(c(N3CCCc4cc(-c5cnn(C)c5)c(C(F)F)cc43)nn2C2CCC(CN3CCN(c4ccc(C(=O)O)nn4)CC3)CC2)C1. The van der Waals surface area contributed by atoms with Crippen LogP contribution in [0.15, 0.2) is 36.7 Å². The van der Waals surface area contributed by atoms with E-state index in [2.05, 4.69) is 34.7 Å². The second-order valence-electron chi connectivity index (χ2n) is 15.0. The van der Waals surface area contributed by atoms with Crippen molar-refractivity contribution in [2.75, 3.05) is 55.6 Å². The Kier molecular flexibility index (Phi) is 9.60. The van der Waals surface area contributed by atoms with Gasteiger partial charge in [-0.1, -0.05) is 0 Å². The number of carbonyl (C=O) groups is 2. The van der Waals surface area contributed by atoms with Gasteiger partial charge in [-0.2, -0.15) is 10.2 Å². The summed E-state index contributed by atoms with van der Waals surface area (Å²) >= 11 is 0. The lowest BCUT2D eigenvalue weighted by atomic mass is 9.85. The van der Waals surface area contributed by atoms with E-state index in [-0.39, 0.29) is 23.2 Å². The Morgan fingerprint density at radius 3 is 2.43 bits per heavy atom. The summed E-state index contributed by atoms with van der Waals surface area (Å²) in [6.45, 7) is 7.90. The molecule has 8 rings (SSSR count). The summed E-state index contributed by atoms with van der Waals surface area (Å²) in [7, 11) is 1.79. The number of carboxylic acids is 1. The maximum absolute atomic E-state index is 14.6. The van der Waals surface area contributed by atoms with Crippen LogP contribution in [0.25, 0.3) is 11.1 Å². The van der Waals surface area contributed by atoms with Gasteiger partial charge in [0, 0.05) is 100 Å². The highest BCUT2D eigenvalue weighted by atomic mass is 19.3. The van der Waals surface area contributed by atoms with E-state index in [1.54, 1.807) is 43.2 Å². The number of piperazine rings is 1. The summed E-state index contributed by atoms with van der Waals surface area (Å²) in [4.78, 5) is 32.4. The number of benzene rings is 1. The maximum atomic E-state index is 14.6. The normalized spacial score (nSPS) is 20.8. The van der Waals surface area contributed by atoms with Gasteiger partial charge in [0.05, 0.1) is 18.8 Å². The quantitative estimate of drug-likeness (QED) is 0.257. The molecular formula is C38H46F2N10O3. The predicted molar refractivity (Wildman–Crippen MR) is 195 cm³/mol. The molecule has 1 aliphatic carbocycles. The van der Waals surface area contributed by atoms with Gasteiger partial charge in [0.1, 0.15) is 0 Å². The molecule has 0 radical (unpaired) electrons. The van der Waals surface area contributed by atoms with Gasteiger partial charge in [0.2, 0.25) is 5.91 Å². The maximum Gasteiger partial charge on any atom is 0.356 e. The van der Waals surface area contributed by atoms with Gasteiger partial charge in [-0.05, 0) is 79.8 Å². The van der Waals surface area contributed by atoms with Crippen LogP contribution in [0, 0.1) is 5.92 Å². The van der Waals surface area contributed by atoms with Gasteiger partial charge in [-0.25, -0.2) is 13.6 Å². The second kappa shape index (κ2) is 14.5. The van der Waals surface area contributed by atoms with E-state index in [0.29, 0.717) is 42.5 Å². The molecule has 0 unspecified atom stereocenters. The topological polar surface area (TPSA) is 129 Å². The van der Waals surface area contributed by atoms with E-state index in [9.17, 15) is 18.4 Å². The van der Waals surface area contributed by atoms with Crippen LogP contribution in [0.3, 0.4) is 0 Å². The second-order valence-corrected chi connectivity index (χ2v) is 15.0. The minimum atomic E-state index is -2.65. The summed E-state index contributed by atoms with van der Waals surface area (Å²) in [5, 5.41) is 26.6. The van der Waals surface area contributed by atoms with E-state index in [1.807, 2.05) is 11.0 Å². The molecule has 13 nitrogen and oxygen atoms in total. The van der Waals surface area contributed by atoms with E-state index >= 15 is 0 Å². The Morgan fingerprint density at radius 2 is 1.77 bits per heavy atom. The lowest BCUT2D eigenvalue weighted by Gasteiger charge is -2.38. The molecule has 53 heavy (non-hydrogen) atoms. The number of rotatable bonds is 8. The van der Waals surface area contributed by atoms with Gasteiger partial charge in [-0.3, -0.25) is 19.1 Å². The Labute approximate surface area is 307 Å². The number of alkyl halides is 2. The molecule has 4 aromatic rings. The smallest absolute Gasteiger partial charge is 0.356 e. The van der Waals surface area contributed by atoms with Gasteiger partial charge in [-0.15, -0.1) is 10.2 Å². The zero-order chi connectivity index (χ0) is 36.8. The molecule has 0 atom stereocenters. The molecule has 1 N–H and O–H groups in total. The summed E-state index contributed by atoms with van der Waals surface area (Å²) < 4.78 is 33.2. The molecule has 3 aromatic heterocycles. The van der Waals surface area contributed by atoms with Crippen LogP contribution in [0.4, 0.5) is 26.1 Å². The molecule has 3 aliphatic heterocycles. The number of aromatic carboxylic acids is 1. The molecule has 2 fully saturated rings. The van der Waals surface area contributed by atoms with Crippen molar-refractivity contribution in [3.8, 4) is 11.1 Å². The first-order valence-electron chi connectivity index (χ1n) is 18.7. The van der Waals surface area contributed by atoms with Crippen molar-refractivity contribution >= 4 is 29.2 Å². The fourth-order valence-corrected chi connectivity index (χ4v) is 8.78. The number of fused-ring (bicyclic) bond motifs is 2. The Balaban J connectivity index is 0.989. The van der Waals surface area contributed by atoms with Crippen molar-refractivity contribution in [3.63, 3.8) is 0 Å². The molecule has 280 valence electrons. The Morgan fingerprint density at radius 1 is 0.981 bits per heavy atom. The third-order valence-corrected chi connectivity index (χ3v) is 11.6. The van der Waals surface area contributed by atoms with Crippen LogP contribution >= 0.6 is 0 Å². The van der Waals surface area contributed by atoms with Crippen LogP contribution in [-0.2, 0) is 31.2 Å².